The Morgan fingerprint density at radius 3 is 1.36 bits per heavy atom. The highest BCUT2D eigenvalue weighted by atomic mass is 16.5. The van der Waals surface area contributed by atoms with E-state index >= 15 is 0 Å². The Bertz CT molecular complexity index is 1980. The van der Waals surface area contributed by atoms with E-state index in [-0.39, 0.29) is 0 Å². The van der Waals surface area contributed by atoms with Crippen molar-refractivity contribution in [2.24, 2.45) is 0 Å². The summed E-state index contributed by atoms with van der Waals surface area (Å²) in [5.74, 6) is 1.85. The molecule has 0 radical (unpaired) electrons. The van der Waals surface area contributed by atoms with Crippen molar-refractivity contribution in [1.29, 1.82) is 0 Å². The molecule has 0 atom stereocenters. The molecular weight excluding hydrogens is 476 g/mol. The van der Waals surface area contributed by atoms with Gasteiger partial charge in [-0.3, -0.25) is 0 Å². The molecule has 3 nitrogen and oxygen atoms in total. The maximum absolute atomic E-state index is 6.34. The summed E-state index contributed by atoms with van der Waals surface area (Å²) in [7, 11) is 0. The molecule has 186 valence electrons. The monoisotopic (exact) mass is 502 g/mol. The predicted octanol–water partition coefficient (Wildman–Crippen LogP) is 9.49. The van der Waals surface area contributed by atoms with Gasteiger partial charge in [0.1, 0.15) is 11.5 Å². The normalized spacial score (nSPS) is 13.7. The van der Waals surface area contributed by atoms with Crippen molar-refractivity contribution >= 4 is 49.3 Å². The number of allylic oxidation sites excluding steroid dienone is 4. The van der Waals surface area contributed by atoms with Gasteiger partial charge in [0.25, 0.3) is 0 Å². The zero-order valence-electron chi connectivity index (χ0n) is 21.4. The minimum atomic E-state index is 0.861. The molecule has 0 fully saturated rings. The van der Waals surface area contributed by atoms with Gasteiger partial charge in [-0.05, 0) is 67.1 Å². The molecule has 1 aliphatic carbocycles. The van der Waals surface area contributed by atoms with Crippen LogP contribution in [0.4, 0.5) is 0 Å². The number of fused-ring (bicyclic) bond motifs is 6. The van der Waals surface area contributed by atoms with Crippen LogP contribution in [0.2, 0.25) is 0 Å². The molecule has 0 bridgehead atoms. The van der Waals surface area contributed by atoms with Crippen molar-refractivity contribution in [3.8, 4) is 11.4 Å². The van der Waals surface area contributed by atoms with Crippen LogP contribution in [0.1, 0.15) is 12.8 Å². The molecule has 0 saturated carbocycles. The first-order valence-electron chi connectivity index (χ1n) is 13.5. The van der Waals surface area contributed by atoms with Crippen molar-refractivity contribution < 1.29 is 4.74 Å². The Labute approximate surface area is 226 Å². The fourth-order valence-corrected chi connectivity index (χ4v) is 6.13. The predicted molar refractivity (Wildman–Crippen MR) is 162 cm³/mol. The van der Waals surface area contributed by atoms with Crippen LogP contribution in [-0.2, 0) is 0 Å². The number of benzene rings is 5. The third-order valence-corrected chi connectivity index (χ3v) is 7.88. The first kappa shape index (κ1) is 22.0. The van der Waals surface area contributed by atoms with Crippen LogP contribution < -0.4 is 4.74 Å². The lowest BCUT2D eigenvalue weighted by Crippen LogP contribution is -2.04. The van der Waals surface area contributed by atoms with Gasteiger partial charge >= 0.3 is 0 Å². The Hall–Kier alpha value is -5.02. The van der Waals surface area contributed by atoms with E-state index in [0.29, 0.717) is 0 Å². The van der Waals surface area contributed by atoms with E-state index in [1.807, 2.05) is 0 Å². The van der Waals surface area contributed by atoms with Crippen molar-refractivity contribution in [2.75, 3.05) is 0 Å². The second-order valence-corrected chi connectivity index (χ2v) is 10.1. The van der Waals surface area contributed by atoms with Crippen LogP contribution in [0.25, 0.3) is 55.0 Å². The fourth-order valence-electron chi connectivity index (χ4n) is 6.13. The van der Waals surface area contributed by atoms with E-state index in [1.54, 1.807) is 0 Å². The molecule has 8 rings (SSSR count). The largest absolute Gasteiger partial charge is 0.462 e. The number of para-hydroxylation sites is 4. The van der Waals surface area contributed by atoms with Gasteiger partial charge < -0.3 is 13.9 Å². The first-order chi connectivity index (χ1) is 19.3. The number of hydrogen-bond acceptors (Lipinski definition) is 1. The summed E-state index contributed by atoms with van der Waals surface area (Å²) in [4.78, 5) is 0. The molecule has 0 saturated heterocycles. The summed E-state index contributed by atoms with van der Waals surface area (Å²) in [6.45, 7) is 0. The summed E-state index contributed by atoms with van der Waals surface area (Å²) in [6.07, 6.45) is 6.13. The molecule has 5 aromatic carbocycles. The van der Waals surface area contributed by atoms with E-state index in [4.69, 9.17) is 4.74 Å². The Balaban J connectivity index is 1.11. The summed E-state index contributed by atoms with van der Waals surface area (Å²) >= 11 is 0. The minimum Gasteiger partial charge on any atom is -0.462 e. The second kappa shape index (κ2) is 8.78. The number of hydrogen-bond donors (Lipinski definition) is 0. The SMILES string of the molecule is C1=C(Oc2ccc(-n3c4ccccc4c4ccccc43)cc2)CCC(n2c3ccccc3c3ccccc32)=C1. The van der Waals surface area contributed by atoms with Crippen LogP contribution in [0.5, 0.6) is 5.75 Å². The number of ether oxygens (including phenoxy) is 1. The minimum absolute atomic E-state index is 0.861. The van der Waals surface area contributed by atoms with Crippen molar-refractivity contribution in [2.45, 2.75) is 12.8 Å². The molecule has 0 aliphatic heterocycles. The van der Waals surface area contributed by atoms with Gasteiger partial charge in [-0.2, -0.15) is 0 Å². The van der Waals surface area contributed by atoms with E-state index < -0.39 is 0 Å². The molecule has 0 N–H and O–H groups in total. The summed E-state index contributed by atoms with van der Waals surface area (Å²) in [5.41, 5.74) is 7.36. The summed E-state index contributed by atoms with van der Waals surface area (Å²) in [6, 6.07) is 43.0. The molecular formula is C36H26N2O. The quantitative estimate of drug-likeness (QED) is 0.234. The van der Waals surface area contributed by atoms with Gasteiger partial charge in [0.2, 0.25) is 0 Å². The molecule has 1 aliphatic rings. The lowest BCUT2D eigenvalue weighted by Gasteiger charge is -2.18. The van der Waals surface area contributed by atoms with Crippen LogP contribution in [0.3, 0.4) is 0 Å². The number of rotatable bonds is 4. The average molecular weight is 503 g/mol. The standard InChI is InChI=1S/C36H26N2O/c1-5-13-33-29(9-1)30-10-2-6-14-34(30)37(33)25-17-21-27(22-18-25)39-28-23-19-26(20-24-28)38-35-15-7-3-11-31(35)32-12-4-8-16-36(32)38/h1-19,21-23H,20,24H2. The molecule has 0 spiro atoms. The first-order valence-corrected chi connectivity index (χ1v) is 13.5. The maximum Gasteiger partial charge on any atom is 0.127 e. The van der Waals surface area contributed by atoms with Gasteiger partial charge in [0.15, 0.2) is 0 Å². The Morgan fingerprint density at radius 1 is 0.436 bits per heavy atom. The summed E-state index contributed by atoms with van der Waals surface area (Å²) in [5, 5.41) is 5.13. The van der Waals surface area contributed by atoms with Gasteiger partial charge in [-0.25, -0.2) is 0 Å². The molecule has 2 heterocycles. The Morgan fingerprint density at radius 2 is 0.897 bits per heavy atom. The maximum atomic E-state index is 6.34. The average Bonchev–Trinajstić information content (AvgIpc) is 3.51. The zero-order valence-corrected chi connectivity index (χ0v) is 21.4. The Kier molecular flexibility index (Phi) is 4.95. The van der Waals surface area contributed by atoms with E-state index in [1.165, 1.54) is 49.3 Å². The van der Waals surface area contributed by atoms with E-state index in [0.717, 1.165) is 30.0 Å². The van der Waals surface area contributed by atoms with Gasteiger partial charge in [0.05, 0.1) is 22.1 Å². The number of nitrogens with zero attached hydrogens (tertiary/aromatic N) is 2. The van der Waals surface area contributed by atoms with Gasteiger partial charge in [0, 0.05) is 39.4 Å². The van der Waals surface area contributed by atoms with Crippen LogP contribution in [0.15, 0.2) is 139 Å². The molecule has 7 aromatic rings. The lowest BCUT2D eigenvalue weighted by atomic mass is 10.1. The summed E-state index contributed by atoms with van der Waals surface area (Å²) < 4.78 is 11.1. The zero-order chi connectivity index (χ0) is 25.8. The van der Waals surface area contributed by atoms with Crippen LogP contribution in [-0.4, -0.2) is 9.13 Å². The van der Waals surface area contributed by atoms with Crippen molar-refractivity contribution in [3.63, 3.8) is 0 Å². The molecule has 0 amide bonds. The molecule has 39 heavy (non-hydrogen) atoms. The van der Waals surface area contributed by atoms with E-state index in [9.17, 15) is 0 Å². The van der Waals surface area contributed by atoms with Gasteiger partial charge in [-0.1, -0.05) is 72.8 Å². The second-order valence-electron chi connectivity index (χ2n) is 10.1. The smallest absolute Gasteiger partial charge is 0.127 e. The number of aromatic nitrogens is 2. The van der Waals surface area contributed by atoms with Crippen molar-refractivity contribution in [1.82, 2.24) is 9.13 Å². The lowest BCUT2D eigenvalue weighted by molar-refractivity contribution is 0.403. The highest BCUT2D eigenvalue weighted by Gasteiger charge is 2.16. The molecule has 3 heteroatoms. The molecule has 2 aromatic heterocycles. The third kappa shape index (κ3) is 3.51. The topological polar surface area (TPSA) is 19.1 Å². The fraction of sp³-hybridized carbons (Fsp3) is 0.0556. The van der Waals surface area contributed by atoms with Gasteiger partial charge in [-0.15, -0.1) is 0 Å². The molecule has 0 unspecified atom stereocenters. The van der Waals surface area contributed by atoms with Crippen molar-refractivity contribution in [3.05, 3.63) is 139 Å². The highest BCUT2D eigenvalue weighted by Crippen LogP contribution is 2.36. The highest BCUT2D eigenvalue weighted by molar-refractivity contribution is 6.10. The van der Waals surface area contributed by atoms with E-state index in [2.05, 4.69) is 143 Å². The third-order valence-electron chi connectivity index (χ3n) is 7.88. The van der Waals surface area contributed by atoms with Crippen LogP contribution in [0, 0.1) is 0 Å². The van der Waals surface area contributed by atoms with Crippen LogP contribution >= 0.6 is 0 Å².